The maximum atomic E-state index is 9.27. The molecule has 2 N–H and O–H groups in total. The van der Waals surface area contributed by atoms with Crippen molar-refractivity contribution in [3.8, 4) is 0 Å². The Morgan fingerprint density at radius 1 is 1.30 bits per heavy atom. The second-order valence-corrected chi connectivity index (χ2v) is 6.82. The summed E-state index contributed by atoms with van der Waals surface area (Å²) in [6, 6.07) is 0.647. The molecule has 0 aromatic carbocycles. The van der Waals surface area contributed by atoms with Crippen molar-refractivity contribution in [3.63, 3.8) is 0 Å². The van der Waals surface area contributed by atoms with Gasteiger partial charge in [0.15, 0.2) is 0 Å². The maximum Gasteiger partial charge on any atom is 0.0932 e. The molecule has 2 rings (SSSR count). The van der Waals surface area contributed by atoms with Crippen LogP contribution in [0.2, 0.25) is 0 Å². The third-order valence-corrected chi connectivity index (χ3v) is 5.04. The van der Waals surface area contributed by atoms with Crippen molar-refractivity contribution in [2.75, 3.05) is 39.4 Å². The zero-order chi connectivity index (χ0) is 14.5. The van der Waals surface area contributed by atoms with Gasteiger partial charge in [-0.1, -0.05) is 20.8 Å². The molecule has 4 nitrogen and oxygen atoms in total. The average molecular weight is 284 g/mol. The predicted octanol–water partition coefficient (Wildman–Crippen LogP) is 1.34. The van der Waals surface area contributed by atoms with Crippen LogP contribution in [-0.4, -0.2) is 61.5 Å². The average Bonchev–Trinajstić information content (AvgIpc) is 2.43. The van der Waals surface area contributed by atoms with E-state index in [1.165, 1.54) is 12.8 Å². The lowest BCUT2D eigenvalue weighted by Gasteiger charge is -2.43. The van der Waals surface area contributed by atoms with E-state index in [1.807, 2.05) is 0 Å². The molecule has 20 heavy (non-hydrogen) atoms. The molecular weight excluding hydrogens is 252 g/mol. The van der Waals surface area contributed by atoms with Crippen LogP contribution >= 0.6 is 0 Å². The van der Waals surface area contributed by atoms with Gasteiger partial charge in [-0.2, -0.15) is 0 Å². The van der Waals surface area contributed by atoms with E-state index in [9.17, 15) is 5.11 Å². The minimum Gasteiger partial charge on any atom is -0.394 e. The van der Waals surface area contributed by atoms with Crippen LogP contribution in [0.1, 0.15) is 33.6 Å². The summed E-state index contributed by atoms with van der Waals surface area (Å²) in [4.78, 5) is 2.49. The van der Waals surface area contributed by atoms with Gasteiger partial charge in [-0.05, 0) is 37.1 Å². The summed E-state index contributed by atoms with van der Waals surface area (Å²) in [5.41, 5.74) is 0. The first kappa shape index (κ1) is 16.2. The Morgan fingerprint density at radius 3 is 2.80 bits per heavy atom. The van der Waals surface area contributed by atoms with Crippen molar-refractivity contribution in [1.82, 2.24) is 10.2 Å². The molecule has 5 unspecified atom stereocenters. The molecule has 0 radical (unpaired) electrons. The van der Waals surface area contributed by atoms with Crippen molar-refractivity contribution in [2.45, 2.75) is 45.8 Å². The number of hydrogen-bond acceptors (Lipinski definition) is 4. The molecule has 118 valence electrons. The van der Waals surface area contributed by atoms with E-state index in [0.29, 0.717) is 6.04 Å². The van der Waals surface area contributed by atoms with Crippen LogP contribution in [0, 0.1) is 17.8 Å². The van der Waals surface area contributed by atoms with E-state index in [4.69, 9.17) is 4.74 Å². The minimum absolute atomic E-state index is 0.0131. The summed E-state index contributed by atoms with van der Waals surface area (Å²) in [5, 5.41) is 13.0. The predicted molar refractivity (Wildman–Crippen MR) is 81.8 cm³/mol. The third kappa shape index (κ3) is 4.17. The Hall–Kier alpha value is -0.160. The molecule has 4 heteroatoms. The molecule has 1 heterocycles. The molecule has 0 aromatic heterocycles. The van der Waals surface area contributed by atoms with Crippen LogP contribution in [0.25, 0.3) is 0 Å². The van der Waals surface area contributed by atoms with Gasteiger partial charge in [-0.25, -0.2) is 0 Å². The largest absolute Gasteiger partial charge is 0.394 e. The van der Waals surface area contributed by atoms with Crippen LogP contribution in [0.15, 0.2) is 0 Å². The Labute approximate surface area is 123 Å². The Morgan fingerprint density at radius 2 is 2.10 bits per heavy atom. The van der Waals surface area contributed by atoms with Gasteiger partial charge < -0.3 is 15.2 Å². The quantitative estimate of drug-likeness (QED) is 0.800. The van der Waals surface area contributed by atoms with E-state index in [0.717, 1.165) is 50.5 Å². The Kier molecular flexibility index (Phi) is 6.27. The summed E-state index contributed by atoms with van der Waals surface area (Å²) < 4.78 is 5.56. The van der Waals surface area contributed by atoms with Crippen LogP contribution in [0.5, 0.6) is 0 Å². The van der Waals surface area contributed by atoms with E-state index >= 15 is 0 Å². The second kappa shape index (κ2) is 7.74. The highest BCUT2D eigenvalue weighted by molar-refractivity contribution is 4.90. The second-order valence-electron chi connectivity index (χ2n) is 6.82. The molecule has 1 aliphatic carbocycles. The van der Waals surface area contributed by atoms with Crippen molar-refractivity contribution in [3.05, 3.63) is 0 Å². The molecule has 0 aromatic rings. The first-order valence-corrected chi connectivity index (χ1v) is 8.32. The van der Waals surface area contributed by atoms with Gasteiger partial charge in [-0.15, -0.1) is 0 Å². The fourth-order valence-electron chi connectivity index (χ4n) is 4.07. The third-order valence-electron chi connectivity index (χ3n) is 5.04. The van der Waals surface area contributed by atoms with E-state index in [2.05, 4.69) is 31.0 Å². The van der Waals surface area contributed by atoms with Gasteiger partial charge in [0.05, 0.1) is 19.3 Å². The number of nitrogens with zero attached hydrogens (tertiary/aromatic N) is 1. The lowest BCUT2D eigenvalue weighted by atomic mass is 9.72. The SMILES string of the molecule is CCNC1CC(C)CC(C)C1CN1CCOC(CO)C1. The molecule has 0 bridgehead atoms. The number of ether oxygens (including phenoxy) is 1. The van der Waals surface area contributed by atoms with Gasteiger partial charge in [-0.3, -0.25) is 4.90 Å². The van der Waals surface area contributed by atoms with Crippen LogP contribution in [0.3, 0.4) is 0 Å². The highest BCUT2D eigenvalue weighted by Crippen LogP contribution is 2.34. The molecule has 2 aliphatic rings. The standard InChI is InChI=1S/C16H32N2O2/c1-4-17-16-8-12(2)7-13(3)15(16)10-18-5-6-20-14(9-18)11-19/h12-17,19H,4-11H2,1-3H3. The first-order valence-electron chi connectivity index (χ1n) is 8.32. The van der Waals surface area contributed by atoms with Crippen LogP contribution in [-0.2, 0) is 4.74 Å². The number of aliphatic hydroxyl groups is 1. The van der Waals surface area contributed by atoms with Crippen molar-refractivity contribution in [1.29, 1.82) is 0 Å². The zero-order valence-electron chi connectivity index (χ0n) is 13.3. The summed E-state index contributed by atoms with van der Waals surface area (Å²) in [7, 11) is 0. The van der Waals surface area contributed by atoms with Crippen molar-refractivity contribution in [2.24, 2.45) is 17.8 Å². The minimum atomic E-state index is 0.0131. The van der Waals surface area contributed by atoms with Gasteiger partial charge in [0.2, 0.25) is 0 Å². The number of morpholine rings is 1. The van der Waals surface area contributed by atoms with Crippen molar-refractivity contribution < 1.29 is 9.84 Å². The Balaban J connectivity index is 1.93. The lowest BCUT2D eigenvalue weighted by molar-refractivity contribution is -0.0616. The zero-order valence-corrected chi connectivity index (χ0v) is 13.3. The molecule has 1 saturated heterocycles. The molecule has 1 aliphatic heterocycles. The fraction of sp³-hybridized carbons (Fsp3) is 1.00. The Bertz CT molecular complexity index is 288. The number of aliphatic hydroxyl groups excluding tert-OH is 1. The molecule has 2 fully saturated rings. The number of rotatable bonds is 5. The fourth-order valence-corrected chi connectivity index (χ4v) is 4.07. The van der Waals surface area contributed by atoms with Crippen molar-refractivity contribution >= 4 is 0 Å². The van der Waals surface area contributed by atoms with Crippen LogP contribution < -0.4 is 5.32 Å². The van der Waals surface area contributed by atoms with Crippen LogP contribution in [0.4, 0.5) is 0 Å². The highest BCUT2D eigenvalue weighted by Gasteiger charge is 2.35. The summed E-state index contributed by atoms with van der Waals surface area (Å²) in [5.74, 6) is 2.34. The van der Waals surface area contributed by atoms with E-state index in [-0.39, 0.29) is 12.7 Å². The van der Waals surface area contributed by atoms with E-state index in [1.54, 1.807) is 0 Å². The molecular formula is C16H32N2O2. The molecule has 5 atom stereocenters. The monoisotopic (exact) mass is 284 g/mol. The number of hydrogen-bond donors (Lipinski definition) is 2. The topological polar surface area (TPSA) is 44.7 Å². The molecule has 0 spiro atoms. The van der Waals surface area contributed by atoms with Gasteiger partial charge in [0.1, 0.15) is 0 Å². The maximum absolute atomic E-state index is 9.27. The van der Waals surface area contributed by atoms with Gasteiger partial charge >= 0.3 is 0 Å². The summed E-state index contributed by atoms with van der Waals surface area (Å²) >= 11 is 0. The van der Waals surface area contributed by atoms with Gasteiger partial charge in [0.25, 0.3) is 0 Å². The summed E-state index contributed by atoms with van der Waals surface area (Å²) in [6.07, 6.45) is 2.66. The number of nitrogens with one attached hydrogen (secondary N) is 1. The summed E-state index contributed by atoms with van der Waals surface area (Å²) in [6.45, 7) is 12.0. The first-order chi connectivity index (χ1) is 9.63. The normalized spacial score (nSPS) is 39.9. The molecule has 1 saturated carbocycles. The van der Waals surface area contributed by atoms with Gasteiger partial charge in [0, 0.05) is 25.7 Å². The lowest BCUT2D eigenvalue weighted by Crippen LogP contribution is -2.52. The molecule has 0 amide bonds. The smallest absolute Gasteiger partial charge is 0.0932 e. The highest BCUT2D eigenvalue weighted by atomic mass is 16.5. The van der Waals surface area contributed by atoms with E-state index < -0.39 is 0 Å².